The minimum atomic E-state index is 0.458. The van der Waals surface area contributed by atoms with Crippen molar-refractivity contribution in [2.24, 2.45) is 7.05 Å². The minimum absolute atomic E-state index is 0.458. The van der Waals surface area contributed by atoms with Crippen molar-refractivity contribution in [3.05, 3.63) is 42.0 Å². The van der Waals surface area contributed by atoms with E-state index in [1.807, 2.05) is 23.7 Å². The van der Waals surface area contributed by atoms with Crippen molar-refractivity contribution in [1.82, 2.24) is 14.8 Å². The van der Waals surface area contributed by atoms with Crippen LogP contribution >= 0.6 is 0 Å². The molecule has 0 aliphatic carbocycles. The van der Waals surface area contributed by atoms with E-state index in [4.69, 9.17) is 5.26 Å². The van der Waals surface area contributed by atoms with Gasteiger partial charge >= 0.3 is 0 Å². The van der Waals surface area contributed by atoms with Crippen molar-refractivity contribution in [2.45, 2.75) is 18.8 Å². The quantitative estimate of drug-likeness (QED) is 0.832. The van der Waals surface area contributed by atoms with Gasteiger partial charge in [0.15, 0.2) is 0 Å². The van der Waals surface area contributed by atoms with E-state index in [-0.39, 0.29) is 0 Å². The normalized spacial score (nSPS) is 16.1. The Bertz CT molecular complexity index is 632. The molecule has 0 bridgehead atoms. The smallest absolute Gasteiger partial charge is 0.135 e. The zero-order chi connectivity index (χ0) is 13.9. The van der Waals surface area contributed by atoms with Crippen LogP contribution in [0.4, 0.5) is 5.69 Å². The summed E-state index contributed by atoms with van der Waals surface area (Å²) in [7, 11) is 1.99. The lowest BCUT2D eigenvalue weighted by Gasteiger charge is -2.33. The summed E-state index contributed by atoms with van der Waals surface area (Å²) in [4.78, 5) is 2.28. The van der Waals surface area contributed by atoms with Crippen LogP contribution in [0.25, 0.3) is 0 Å². The van der Waals surface area contributed by atoms with Gasteiger partial charge in [0, 0.05) is 26.1 Å². The summed E-state index contributed by atoms with van der Waals surface area (Å²) in [6, 6.07) is 10.8. The number of rotatable bonds is 2. The first-order valence-corrected chi connectivity index (χ1v) is 6.78. The second kappa shape index (κ2) is 5.33. The largest absolute Gasteiger partial charge is 0.370 e. The molecule has 1 aliphatic heterocycles. The molecule has 0 saturated carbocycles. The Morgan fingerprint density at radius 3 is 2.85 bits per heavy atom. The first kappa shape index (κ1) is 12.7. The third-order valence-corrected chi connectivity index (χ3v) is 3.91. The maximum absolute atomic E-state index is 9.17. The van der Waals surface area contributed by atoms with Gasteiger partial charge in [-0.2, -0.15) is 5.26 Å². The van der Waals surface area contributed by atoms with Crippen LogP contribution in [0.3, 0.4) is 0 Å². The Hall–Kier alpha value is -2.35. The molecule has 0 N–H and O–H groups in total. The van der Waals surface area contributed by atoms with E-state index in [1.165, 1.54) is 0 Å². The predicted octanol–water partition coefficient (Wildman–Crippen LogP) is 1.87. The van der Waals surface area contributed by atoms with Crippen molar-refractivity contribution >= 4 is 5.69 Å². The van der Waals surface area contributed by atoms with E-state index < -0.39 is 0 Å². The fourth-order valence-corrected chi connectivity index (χ4v) is 2.83. The van der Waals surface area contributed by atoms with Crippen LogP contribution in [-0.4, -0.2) is 27.9 Å². The summed E-state index contributed by atoms with van der Waals surface area (Å²) in [5.74, 6) is 1.52. The SMILES string of the molecule is Cn1cnnc1C1CCN(c2cc[c]cc2C#N)CC1. The van der Waals surface area contributed by atoms with E-state index >= 15 is 0 Å². The fraction of sp³-hybridized carbons (Fsp3) is 0.400. The second-order valence-electron chi connectivity index (χ2n) is 5.12. The number of aromatic nitrogens is 3. The summed E-state index contributed by atoms with van der Waals surface area (Å²) < 4.78 is 2.00. The average Bonchev–Trinajstić information content (AvgIpc) is 2.93. The monoisotopic (exact) mass is 266 g/mol. The van der Waals surface area contributed by atoms with E-state index in [1.54, 1.807) is 12.4 Å². The van der Waals surface area contributed by atoms with Crippen LogP contribution in [-0.2, 0) is 7.05 Å². The number of anilines is 1. The highest BCUT2D eigenvalue weighted by Crippen LogP contribution is 2.30. The van der Waals surface area contributed by atoms with Gasteiger partial charge in [0.25, 0.3) is 0 Å². The van der Waals surface area contributed by atoms with Crippen molar-refractivity contribution in [1.29, 1.82) is 5.26 Å². The summed E-state index contributed by atoms with van der Waals surface area (Å²) in [5.41, 5.74) is 1.72. The standard InChI is InChI=1S/C15H16N5/c1-19-11-17-18-15(19)12-6-8-20(9-7-12)14-5-3-2-4-13(14)10-16/h3-5,11-12H,6-9H2,1H3. The number of benzene rings is 1. The number of hydrogen-bond acceptors (Lipinski definition) is 4. The molecule has 1 aromatic carbocycles. The Kier molecular flexibility index (Phi) is 3.38. The van der Waals surface area contributed by atoms with Crippen LogP contribution in [0.1, 0.15) is 30.1 Å². The van der Waals surface area contributed by atoms with Crippen molar-refractivity contribution in [2.75, 3.05) is 18.0 Å². The zero-order valence-corrected chi connectivity index (χ0v) is 11.5. The Morgan fingerprint density at radius 1 is 1.40 bits per heavy atom. The molecule has 0 spiro atoms. The van der Waals surface area contributed by atoms with Crippen LogP contribution in [0.2, 0.25) is 0 Å². The van der Waals surface area contributed by atoms with Crippen LogP contribution in [0, 0.1) is 17.4 Å². The zero-order valence-electron chi connectivity index (χ0n) is 11.5. The van der Waals surface area contributed by atoms with Gasteiger partial charge < -0.3 is 9.47 Å². The highest BCUT2D eigenvalue weighted by atomic mass is 15.3. The van der Waals surface area contributed by atoms with Gasteiger partial charge in [0.2, 0.25) is 0 Å². The first-order chi connectivity index (χ1) is 9.79. The third-order valence-electron chi connectivity index (χ3n) is 3.91. The maximum atomic E-state index is 9.17. The van der Waals surface area contributed by atoms with Crippen LogP contribution < -0.4 is 4.90 Å². The number of piperidine rings is 1. The third kappa shape index (κ3) is 2.25. The molecule has 1 saturated heterocycles. The van der Waals surface area contributed by atoms with Crippen molar-refractivity contribution in [3.63, 3.8) is 0 Å². The molecule has 2 aromatic rings. The van der Waals surface area contributed by atoms with Gasteiger partial charge in [-0.15, -0.1) is 10.2 Å². The van der Waals surface area contributed by atoms with Gasteiger partial charge in [0.1, 0.15) is 18.2 Å². The Morgan fingerprint density at radius 2 is 2.20 bits per heavy atom. The van der Waals surface area contributed by atoms with E-state index in [0.29, 0.717) is 11.5 Å². The van der Waals surface area contributed by atoms with E-state index in [2.05, 4.69) is 27.2 Å². The molecule has 3 rings (SSSR count). The van der Waals surface area contributed by atoms with Crippen LogP contribution in [0.15, 0.2) is 24.5 Å². The molecule has 20 heavy (non-hydrogen) atoms. The molecule has 0 atom stereocenters. The average molecular weight is 266 g/mol. The van der Waals surface area contributed by atoms with Gasteiger partial charge in [-0.3, -0.25) is 0 Å². The highest BCUT2D eigenvalue weighted by molar-refractivity contribution is 5.59. The Labute approximate surface area is 118 Å². The topological polar surface area (TPSA) is 57.7 Å². The molecule has 1 aromatic heterocycles. The van der Waals surface area contributed by atoms with Gasteiger partial charge in [-0.05, 0) is 31.0 Å². The van der Waals surface area contributed by atoms with Crippen molar-refractivity contribution in [3.8, 4) is 6.07 Å². The number of nitriles is 1. The predicted molar refractivity (Wildman–Crippen MR) is 75.2 cm³/mol. The summed E-state index contributed by atoms with van der Waals surface area (Å²) in [5, 5.41) is 17.3. The molecule has 101 valence electrons. The lowest BCUT2D eigenvalue weighted by atomic mass is 9.95. The molecular formula is C15H16N5. The summed E-state index contributed by atoms with van der Waals surface area (Å²) >= 11 is 0. The maximum Gasteiger partial charge on any atom is 0.135 e. The van der Waals surface area contributed by atoms with Gasteiger partial charge in [-0.1, -0.05) is 6.07 Å². The molecule has 0 amide bonds. The fourth-order valence-electron chi connectivity index (χ4n) is 2.83. The van der Waals surface area contributed by atoms with Crippen molar-refractivity contribution < 1.29 is 0 Å². The van der Waals surface area contributed by atoms with E-state index in [9.17, 15) is 0 Å². The summed E-state index contributed by atoms with van der Waals surface area (Å²) in [6.07, 6.45) is 3.83. The lowest BCUT2D eigenvalue weighted by Crippen LogP contribution is -2.34. The Balaban J connectivity index is 1.73. The van der Waals surface area contributed by atoms with Gasteiger partial charge in [-0.25, -0.2) is 0 Å². The molecule has 1 aliphatic rings. The molecule has 2 heterocycles. The molecule has 0 unspecified atom stereocenters. The molecule has 1 radical (unpaired) electrons. The number of hydrogen-bond donors (Lipinski definition) is 0. The second-order valence-corrected chi connectivity index (χ2v) is 5.12. The first-order valence-electron chi connectivity index (χ1n) is 6.78. The van der Waals surface area contributed by atoms with E-state index in [0.717, 1.165) is 37.4 Å². The molecule has 1 fully saturated rings. The minimum Gasteiger partial charge on any atom is -0.370 e. The van der Waals surface area contributed by atoms with Gasteiger partial charge in [0.05, 0.1) is 11.3 Å². The summed E-state index contributed by atoms with van der Waals surface area (Å²) in [6.45, 7) is 1.88. The number of nitrogens with zero attached hydrogens (tertiary/aromatic N) is 5. The highest BCUT2D eigenvalue weighted by Gasteiger charge is 2.24. The lowest BCUT2D eigenvalue weighted by molar-refractivity contribution is 0.474. The molecular weight excluding hydrogens is 250 g/mol. The molecule has 5 heteroatoms. The number of aryl methyl sites for hydroxylation is 1. The molecule has 5 nitrogen and oxygen atoms in total. The van der Waals surface area contributed by atoms with Crippen LogP contribution in [0.5, 0.6) is 0 Å².